The molecule has 0 saturated heterocycles. The number of hydrogen-bond acceptors (Lipinski definition) is 5. The molecule has 0 saturated carbocycles. The minimum atomic E-state index is -0.331. The summed E-state index contributed by atoms with van der Waals surface area (Å²) in [5, 5.41) is 14.1. The molecule has 128 valence electrons. The third-order valence-electron chi connectivity index (χ3n) is 3.01. The van der Waals surface area contributed by atoms with E-state index in [1.54, 1.807) is 36.4 Å². The fourth-order valence-electron chi connectivity index (χ4n) is 2.02. The van der Waals surface area contributed by atoms with Crippen LogP contribution >= 0.6 is 11.8 Å². The molecule has 2 N–H and O–H groups in total. The van der Waals surface area contributed by atoms with Crippen LogP contribution in [0.15, 0.2) is 53.4 Å². The van der Waals surface area contributed by atoms with Gasteiger partial charge in [-0.25, -0.2) is 0 Å². The zero-order chi connectivity index (χ0) is 18.1. The molecule has 2 rings (SSSR count). The SMILES string of the molecule is CC(=O)Nc1ccccc1OCC(=O)Nc1ccccc1SCC#N. The molecular weight excluding hydrogens is 338 g/mol. The Morgan fingerprint density at radius 3 is 2.48 bits per heavy atom. The summed E-state index contributed by atoms with van der Waals surface area (Å²) in [6.07, 6.45) is 0. The minimum absolute atomic E-state index is 0.201. The zero-order valence-corrected chi connectivity index (χ0v) is 14.4. The molecule has 0 fully saturated rings. The lowest BCUT2D eigenvalue weighted by atomic mass is 10.3. The number of nitrogens with one attached hydrogen (secondary N) is 2. The van der Waals surface area contributed by atoms with Gasteiger partial charge in [0.15, 0.2) is 6.61 Å². The summed E-state index contributed by atoms with van der Waals surface area (Å²) in [6, 6.07) is 16.2. The summed E-state index contributed by atoms with van der Waals surface area (Å²) in [7, 11) is 0. The molecule has 0 heterocycles. The Morgan fingerprint density at radius 2 is 1.76 bits per heavy atom. The third kappa shape index (κ3) is 5.86. The average molecular weight is 355 g/mol. The van der Waals surface area contributed by atoms with Gasteiger partial charge in [0.05, 0.1) is 23.2 Å². The number of carbonyl (C=O) groups is 2. The maximum Gasteiger partial charge on any atom is 0.262 e. The number of amides is 2. The fraction of sp³-hybridized carbons (Fsp3) is 0.167. The van der Waals surface area contributed by atoms with Crippen LogP contribution in [0, 0.1) is 11.3 Å². The van der Waals surface area contributed by atoms with Crippen molar-refractivity contribution in [1.82, 2.24) is 0 Å². The molecule has 2 aromatic rings. The number of para-hydroxylation sites is 3. The Labute approximate surface area is 150 Å². The van der Waals surface area contributed by atoms with E-state index in [9.17, 15) is 9.59 Å². The summed E-state index contributed by atoms with van der Waals surface area (Å²) in [6.45, 7) is 1.20. The number of anilines is 2. The van der Waals surface area contributed by atoms with E-state index < -0.39 is 0 Å². The van der Waals surface area contributed by atoms with Crippen LogP contribution in [0.5, 0.6) is 5.75 Å². The second kappa shape index (κ2) is 9.35. The van der Waals surface area contributed by atoms with Gasteiger partial charge >= 0.3 is 0 Å². The second-order valence-electron chi connectivity index (χ2n) is 4.96. The van der Waals surface area contributed by atoms with E-state index in [1.807, 2.05) is 12.1 Å². The van der Waals surface area contributed by atoms with Crippen LogP contribution in [0.25, 0.3) is 0 Å². The maximum atomic E-state index is 12.1. The zero-order valence-electron chi connectivity index (χ0n) is 13.6. The lowest BCUT2D eigenvalue weighted by molar-refractivity contribution is -0.118. The highest BCUT2D eigenvalue weighted by molar-refractivity contribution is 7.99. The number of nitriles is 1. The summed E-state index contributed by atoms with van der Waals surface area (Å²) in [4.78, 5) is 24.2. The lowest BCUT2D eigenvalue weighted by Crippen LogP contribution is -2.21. The molecule has 0 bridgehead atoms. The predicted octanol–water partition coefficient (Wildman–Crippen LogP) is 3.28. The van der Waals surface area contributed by atoms with Crippen LogP contribution < -0.4 is 15.4 Å². The first-order valence-electron chi connectivity index (χ1n) is 7.48. The van der Waals surface area contributed by atoms with Gasteiger partial charge in [0, 0.05) is 11.8 Å². The third-order valence-corrected chi connectivity index (χ3v) is 3.95. The van der Waals surface area contributed by atoms with Crippen LogP contribution in [0.1, 0.15) is 6.92 Å². The fourth-order valence-corrected chi connectivity index (χ4v) is 2.69. The van der Waals surface area contributed by atoms with Gasteiger partial charge in [-0.15, -0.1) is 11.8 Å². The first-order chi connectivity index (χ1) is 12.1. The first-order valence-corrected chi connectivity index (χ1v) is 8.46. The number of ether oxygens (including phenoxy) is 1. The normalized spacial score (nSPS) is 9.76. The molecule has 25 heavy (non-hydrogen) atoms. The van der Waals surface area contributed by atoms with E-state index in [2.05, 4.69) is 16.7 Å². The summed E-state index contributed by atoms with van der Waals surface area (Å²) in [5.74, 6) is 0.166. The molecule has 0 aliphatic heterocycles. The van der Waals surface area contributed by atoms with E-state index in [1.165, 1.54) is 18.7 Å². The number of carbonyl (C=O) groups excluding carboxylic acids is 2. The number of thioether (sulfide) groups is 1. The molecule has 0 aliphatic rings. The van der Waals surface area contributed by atoms with Crippen molar-refractivity contribution in [3.63, 3.8) is 0 Å². The van der Waals surface area contributed by atoms with Gasteiger partial charge < -0.3 is 15.4 Å². The van der Waals surface area contributed by atoms with Crippen LogP contribution in [-0.4, -0.2) is 24.2 Å². The summed E-state index contributed by atoms with van der Waals surface area (Å²) >= 11 is 1.35. The van der Waals surface area contributed by atoms with Crippen molar-refractivity contribution in [2.24, 2.45) is 0 Å². The molecule has 2 aromatic carbocycles. The van der Waals surface area contributed by atoms with Crippen LogP contribution in [0.3, 0.4) is 0 Å². The van der Waals surface area contributed by atoms with Crippen molar-refractivity contribution in [3.8, 4) is 11.8 Å². The van der Waals surface area contributed by atoms with Crippen molar-refractivity contribution in [2.45, 2.75) is 11.8 Å². The topological polar surface area (TPSA) is 91.2 Å². The van der Waals surface area contributed by atoms with Crippen LogP contribution in [-0.2, 0) is 9.59 Å². The monoisotopic (exact) mass is 355 g/mol. The van der Waals surface area contributed by atoms with Crippen molar-refractivity contribution < 1.29 is 14.3 Å². The predicted molar refractivity (Wildman–Crippen MR) is 97.6 cm³/mol. The largest absolute Gasteiger partial charge is 0.482 e. The van der Waals surface area contributed by atoms with Gasteiger partial charge in [0.1, 0.15) is 5.75 Å². The van der Waals surface area contributed by atoms with Gasteiger partial charge in [-0.2, -0.15) is 5.26 Å². The van der Waals surface area contributed by atoms with E-state index in [0.29, 0.717) is 22.9 Å². The van der Waals surface area contributed by atoms with Crippen molar-refractivity contribution in [3.05, 3.63) is 48.5 Å². The highest BCUT2D eigenvalue weighted by atomic mass is 32.2. The van der Waals surface area contributed by atoms with E-state index in [0.717, 1.165) is 4.90 Å². The van der Waals surface area contributed by atoms with Crippen LogP contribution in [0.4, 0.5) is 11.4 Å². The Balaban J connectivity index is 1.98. The number of rotatable bonds is 7. The smallest absolute Gasteiger partial charge is 0.262 e. The molecular formula is C18H17N3O3S. The summed E-state index contributed by atoms with van der Waals surface area (Å²) < 4.78 is 5.51. The lowest BCUT2D eigenvalue weighted by Gasteiger charge is -2.13. The minimum Gasteiger partial charge on any atom is -0.482 e. The van der Waals surface area contributed by atoms with Crippen molar-refractivity contribution in [2.75, 3.05) is 23.0 Å². The van der Waals surface area contributed by atoms with Crippen molar-refractivity contribution >= 4 is 35.0 Å². The maximum absolute atomic E-state index is 12.1. The molecule has 0 atom stereocenters. The second-order valence-corrected chi connectivity index (χ2v) is 5.97. The molecule has 0 aliphatic carbocycles. The highest BCUT2D eigenvalue weighted by Gasteiger charge is 2.10. The number of nitrogens with zero attached hydrogens (tertiary/aromatic N) is 1. The Hall–Kier alpha value is -2.98. The standard InChI is InChI=1S/C18H17N3O3S/c1-13(22)20-14-6-2-4-8-16(14)24-12-18(23)21-15-7-3-5-9-17(15)25-11-10-19/h2-9H,11-12H2,1H3,(H,20,22)(H,21,23). The average Bonchev–Trinajstić information content (AvgIpc) is 2.60. The van der Waals surface area contributed by atoms with Gasteiger partial charge in [-0.3, -0.25) is 9.59 Å². The molecule has 0 aromatic heterocycles. The molecule has 0 radical (unpaired) electrons. The van der Waals surface area contributed by atoms with E-state index in [-0.39, 0.29) is 18.4 Å². The molecule has 7 heteroatoms. The van der Waals surface area contributed by atoms with Gasteiger partial charge in [-0.1, -0.05) is 24.3 Å². The van der Waals surface area contributed by atoms with Gasteiger partial charge in [0.25, 0.3) is 5.91 Å². The first kappa shape index (κ1) is 18.4. The van der Waals surface area contributed by atoms with Crippen LogP contribution in [0.2, 0.25) is 0 Å². The van der Waals surface area contributed by atoms with E-state index >= 15 is 0 Å². The van der Waals surface area contributed by atoms with Gasteiger partial charge in [0.2, 0.25) is 5.91 Å². The molecule has 6 nitrogen and oxygen atoms in total. The quantitative estimate of drug-likeness (QED) is 0.744. The number of benzene rings is 2. The highest BCUT2D eigenvalue weighted by Crippen LogP contribution is 2.27. The number of hydrogen-bond donors (Lipinski definition) is 2. The molecule has 0 spiro atoms. The Morgan fingerprint density at radius 1 is 1.08 bits per heavy atom. The molecule has 2 amide bonds. The Kier molecular flexibility index (Phi) is 6.87. The molecule has 0 unspecified atom stereocenters. The van der Waals surface area contributed by atoms with Crippen molar-refractivity contribution in [1.29, 1.82) is 5.26 Å². The summed E-state index contributed by atoms with van der Waals surface area (Å²) in [5.41, 5.74) is 1.14. The van der Waals surface area contributed by atoms with Gasteiger partial charge in [-0.05, 0) is 24.3 Å². The Bertz CT molecular complexity index is 802. The van der Waals surface area contributed by atoms with E-state index in [4.69, 9.17) is 10.00 Å².